The maximum Gasteiger partial charge on any atom is 0.0954 e. The van der Waals surface area contributed by atoms with Gasteiger partial charge < -0.3 is 15.0 Å². The van der Waals surface area contributed by atoms with Crippen LogP contribution in [0.5, 0.6) is 0 Å². The van der Waals surface area contributed by atoms with Gasteiger partial charge in [0.25, 0.3) is 0 Å². The van der Waals surface area contributed by atoms with Crippen molar-refractivity contribution in [1.82, 2.24) is 10.2 Å². The van der Waals surface area contributed by atoms with Gasteiger partial charge in [-0.05, 0) is 44.1 Å². The van der Waals surface area contributed by atoms with Crippen molar-refractivity contribution < 1.29 is 4.74 Å². The van der Waals surface area contributed by atoms with Crippen LogP contribution in [0, 0.1) is 5.92 Å². The number of hydrogen-bond donors (Lipinski definition) is 1. The SMILES string of the molecule is CNCC(C)CN(C)CC1OCCc2ccccc21. The molecule has 1 heterocycles. The number of nitrogens with zero attached hydrogens (tertiary/aromatic N) is 1. The molecule has 0 aliphatic carbocycles. The minimum atomic E-state index is 0.233. The first kappa shape index (κ1) is 14.5. The third kappa shape index (κ3) is 4.03. The number of ether oxygens (including phenoxy) is 1. The molecule has 0 fully saturated rings. The highest BCUT2D eigenvalue weighted by Gasteiger charge is 2.22. The van der Waals surface area contributed by atoms with Crippen LogP contribution in [0.15, 0.2) is 24.3 Å². The molecule has 0 radical (unpaired) electrons. The molecule has 0 spiro atoms. The van der Waals surface area contributed by atoms with Gasteiger partial charge in [-0.25, -0.2) is 0 Å². The van der Waals surface area contributed by atoms with Crippen LogP contribution < -0.4 is 5.32 Å². The Morgan fingerprint density at radius 3 is 3.00 bits per heavy atom. The lowest BCUT2D eigenvalue weighted by Gasteiger charge is -2.30. The van der Waals surface area contributed by atoms with E-state index in [1.807, 2.05) is 7.05 Å². The lowest BCUT2D eigenvalue weighted by Crippen LogP contribution is -2.34. The molecule has 19 heavy (non-hydrogen) atoms. The van der Waals surface area contributed by atoms with Crippen LogP contribution >= 0.6 is 0 Å². The topological polar surface area (TPSA) is 24.5 Å². The fourth-order valence-electron chi connectivity index (χ4n) is 2.93. The predicted molar refractivity (Wildman–Crippen MR) is 79.4 cm³/mol. The predicted octanol–water partition coefficient (Wildman–Crippen LogP) is 2.09. The molecule has 1 aromatic rings. The molecule has 1 aliphatic heterocycles. The molecule has 106 valence electrons. The van der Waals surface area contributed by atoms with E-state index in [0.29, 0.717) is 5.92 Å². The van der Waals surface area contributed by atoms with E-state index in [0.717, 1.165) is 32.7 Å². The van der Waals surface area contributed by atoms with Crippen LogP contribution in [0.3, 0.4) is 0 Å². The number of likely N-dealkylation sites (N-methyl/N-ethyl adjacent to an activating group) is 1. The zero-order chi connectivity index (χ0) is 13.7. The van der Waals surface area contributed by atoms with Gasteiger partial charge in [-0.2, -0.15) is 0 Å². The highest BCUT2D eigenvalue weighted by Crippen LogP contribution is 2.27. The summed E-state index contributed by atoms with van der Waals surface area (Å²) in [7, 11) is 4.20. The first-order valence-electron chi connectivity index (χ1n) is 7.23. The highest BCUT2D eigenvalue weighted by atomic mass is 16.5. The van der Waals surface area contributed by atoms with Gasteiger partial charge in [-0.15, -0.1) is 0 Å². The van der Waals surface area contributed by atoms with Crippen molar-refractivity contribution in [2.75, 3.05) is 40.3 Å². The van der Waals surface area contributed by atoms with E-state index in [1.165, 1.54) is 11.1 Å². The summed E-state index contributed by atoms with van der Waals surface area (Å²) < 4.78 is 5.96. The van der Waals surface area contributed by atoms with E-state index in [4.69, 9.17) is 4.74 Å². The minimum absolute atomic E-state index is 0.233. The van der Waals surface area contributed by atoms with Crippen LogP contribution in [0.2, 0.25) is 0 Å². The summed E-state index contributed by atoms with van der Waals surface area (Å²) in [5.74, 6) is 0.661. The summed E-state index contributed by atoms with van der Waals surface area (Å²) in [6.07, 6.45) is 1.28. The van der Waals surface area contributed by atoms with E-state index in [9.17, 15) is 0 Å². The van der Waals surface area contributed by atoms with Crippen LogP contribution in [-0.4, -0.2) is 45.2 Å². The molecule has 0 aromatic heterocycles. The van der Waals surface area contributed by atoms with Crippen molar-refractivity contribution in [3.8, 4) is 0 Å². The van der Waals surface area contributed by atoms with E-state index in [-0.39, 0.29) is 6.10 Å². The molecule has 3 nitrogen and oxygen atoms in total. The van der Waals surface area contributed by atoms with Gasteiger partial charge in [0, 0.05) is 13.1 Å². The molecular weight excluding hydrogens is 236 g/mol. The molecule has 0 bridgehead atoms. The average Bonchev–Trinajstić information content (AvgIpc) is 2.39. The summed E-state index contributed by atoms with van der Waals surface area (Å²) in [4.78, 5) is 2.38. The number of benzene rings is 1. The van der Waals surface area contributed by atoms with Crippen molar-refractivity contribution >= 4 is 0 Å². The lowest BCUT2D eigenvalue weighted by molar-refractivity contribution is 0.0189. The zero-order valence-corrected chi connectivity index (χ0v) is 12.4. The third-order valence-corrected chi connectivity index (χ3v) is 3.75. The molecule has 0 amide bonds. The van der Waals surface area contributed by atoms with Gasteiger partial charge in [0.05, 0.1) is 12.7 Å². The molecule has 2 unspecified atom stereocenters. The molecule has 1 aliphatic rings. The Morgan fingerprint density at radius 1 is 1.42 bits per heavy atom. The largest absolute Gasteiger partial charge is 0.372 e. The second-order valence-corrected chi connectivity index (χ2v) is 5.69. The monoisotopic (exact) mass is 262 g/mol. The number of hydrogen-bond acceptors (Lipinski definition) is 3. The van der Waals surface area contributed by atoms with E-state index < -0.39 is 0 Å². The Hall–Kier alpha value is -0.900. The van der Waals surface area contributed by atoms with E-state index in [1.54, 1.807) is 0 Å². The standard InChI is InChI=1S/C16H26N2O/c1-13(10-17-2)11-18(3)12-16-15-7-5-4-6-14(15)8-9-19-16/h4-7,13,16-17H,8-12H2,1-3H3. The van der Waals surface area contributed by atoms with Crippen molar-refractivity contribution in [2.45, 2.75) is 19.4 Å². The van der Waals surface area contributed by atoms with Gasteiger partial charge in [0.1, 0.15) is 0 Å². The van der Waals surface area contributed by atoms with Gasteiger partial charge in [0.15, 0.2) is 0 Å². The van der Waals surface area contributed by atoms with Gasteiger partial charge in [-0.1, -0.05) is 31.2 Å². The molecule has 0 saturated carbocycles. The molecule has 1 N–H and O–H groups in total. The number of rotatable bonds is 6. The Labute approximate surface area is 116 Å². The highest BCUT2D eigenvalue weighted by molar-refractivity contribution is 5.31. The van der Waals surface area contributed by atoms with Crippen LogP contribution in [0.25, 0.3) is 0 Å². The van der Waals surface area contributed by atoms with Crippen molar-refractivity contribution in [3.63, 3.8) is 0 Å². The van der Waals surface area contributed by atoms with Crippen LogP contribution in [0.4, 0.5) is 0 Å². The van der Waals surface area contributed by atoms with E-state index >= 15 is 0 Å². The molecular formula is C16H26N2O. The summed E-state index contributed by atoms with van der Waals surface area (Å²) in [6, 6.07) is 8.68. The quantitative estimate of drug-likeness (QED) is 0.849. The fourth-order valence-corrected chi connectivity index (χ4v) is 2.93. The summed E-state index contributed by atoms with van der Waals surface area (Å²) in [5.41, 5.74) is 2.83. The fraction of sp³-hybridized carbons (Fsp3) is 0.625. The first-order chi connectivity index (χ1) is 9.20. The van der Waals surface area contributed by atoms with E-state index in [2.05, 4.69) is 48.5 Å². The molecule has 3 heteroatoms. The average molecular weight is 262 g/mol. The Bertz CT molecular complexity index is 394. The normalized spacial score (nSPS) is 20.3. The van der Waals surface area contributed by atoms with Gasteiger partial charge in [0.2, 0.25) is 0 Å². The number of nitrogens with one attached hydrogen (secondary N) is 1. The zero-order valence-electron chi connectivity index (χ0n) is 12.4. The Morgan fingerprint density at radius 2 is 2.21 bits per heavy atom. The number of fused-ring (bicyclic) bond motifs is 1. The minimum Gasteiger partial charge on any atom is -0.372 e. The van der Waals surface area contributed by atoms with Crippen molar-refractivity contribution in [2.24, 2.45) is 5.92 Å². The Kier molecular flexibility index (Phi) is 5.37. The van der Waals surface area contributed by atoms with Crippen molar-refractivity contribution in [1.29, 1.82) is 0 Å². The summed E-state index contributed by atoms with van der Waals surface area (Å²) in [5, 5.41) is 3.23. The maximum atomic E-state index is 5.96. The molecule has 0 saturated heterocycles. The Balaban J connectivity index is 1.93. The van der Waals surface area contributed by atoms with Crippen LogP contribution in [-0.2, 0) is 11.2 Å². The third-order valence-electron chi connectivity index (χ3n) is 3.75. The summed E-state index contributed by atoms with van der Waals surface area (Å²) in [6.45, 7) is 6.27. The molecule has 2 atom stereocenters. The second kappa shape index (κ2) is 7.04. The lowest BCUT2D eigenvalue weighted by atomic mass is 9.97. The van der Waals surface area contributed by atoms with Gasteiger partial charge in [-0.3, -0.25) is 0 Å². The van der Waals surface area contributed by atoms with Crippen molar-refractivity contribution in [3.05, 3.63) is 35.4 Å². The molecule has 2 rings (SSSR count). The molecule has 1 aromatic carbocycles. The summed E-state index contributed by atoms with van der Waals surface area (Å²) >= 11 is 0. The first-order valence-corrected chi connectivity index (χ1v) is 7.23. The second-order valence-electron chi connectivity index (χ2n) is 5.69. The van der Waals surface area contributed by atoms with Crippen LogP contribution in [0.1, 0.15) is 24.2 Å². The van der Waals surface area contributed by atoms with Gasteiger partial charge >= 0.3 is 0 Å². The smallest absolute Gasteiger partial charge is 0.0954 e. The maximum absolute atomic E-state index is 5.96.